The van der Waals surface area contributed by atoms with Gasteiger partial charge in [0.2, 0.25) is 0 Å². The second-order valence-electron chi connectivity index (χ2n) is 7.08. The van der Waals surface area contributed by atoms with Crippen LogP contribution in [0.15, 0.2) is 30.3 Å². The average molecular weight is 385 g/mol. The van der Waals surface area contributed by atoms with Crippen LogP contribution in [0.5, 0.6) is 0 Å². The zero-order chi connectivity index (χ0) is 19.6. The first-order valence-corrected chi connectivity index (χ1v) is 9.89. The number of benzene rings is 1. The topological polar surface area (TPSA) is 72.5 Å². The first-order valence-electron chi connectivity index (χ1n) is 9.08. The van der Waals surface area contributed by atoms with Crippen LogP contribution in [0.25, 0.3) is 0 Å². The maximum atomic E-state index is 12.4. The molecular formula is C21H23NO4S. The van der Waals surface area contributed by atoms with Crippen LogP contribution in [-0.2, 0) is 22.4 Å². The lowest BCUT2D eigenvalue weighted by Crippen LogP contribution is -2.29. The van der Waals surface area contributed by atoms with Gasteiger partial charge in [-0.25, -0.2) is 4.79 Å². The Bertz CT molecular complexity index is 886. The number of esters is 1. The van der Waals surface area contributed by atoms with Crippen molar-refractivity contribution >= 4 is 34.7 Å². The molecule has 1 aliphatic carbocycles. The predicted octanol–water partition coefficient (Wildman–Crippen LogP) is 4.26. The highest BCUT2D eigenvalue weighted by Crippen LogP contribution is 2.32. The number of thiophene rings is 1. The Hall–Kier alpha value is -2.47. The number of rotatable bonds is 5. The number of ketones is 1. The highest BCUT2D eigenvalue weighted by molar-refractivity contribution is 7.14. The van der Waals surface area contributed by atoms with Crippen molar-refractivity contribution in [2.75, 3.05) is 5.32 Å². The Morgan fingerprint density at radius 1 is 1.26 bits per heavy atom. The van der Waals surface area contributed by atoms with E-state index in [-0.39, 0.29) is 5.78 Å². The van der Waals surface area contributed by atoms with Gasteiger partial charge >= 0.3 is 5.97 Å². The minimum Gasteiger partial charge on any atom is -0.448 e. The van der Waals surface area contributed by atoms with Gasteiger partial charge < -0.3 is 10.1 Å². The van der Waals surface area contributed by atoms with E-state index in [1.807, 2.05) is 6.07 Å². The molecule has 0 aliphatic heterocycles. The van der Waals surface area contributed by atoms with E-state index in [1.165, 1.54) is 35.6 Å². The molecule has 0 bridgehead atoms. The molecule has 1 aromatic carbocycles. The van der Waals surface area contributed by atoms with Gasteiger partial charge in [-0.1, -0.05) is 19.1 Å². The van der Waals surface area contributed by atoms with Crippen molar-refractivity contribution < 1.29 is 19.1 Å². The van der Waals surface area contributed by atoms with E-state index in [4.69, 9.17) is 4.74 Å². The summed E-state index contributed by atoms with van der Waals surface area (Å²) in [5, 5.41) is 2.68. The Balaban J connectivity index is 1.62. The SMILES string of the molecule is CC(=O)c1cccc(NC(=O)[C@@H](C)OC(=O)c2cc3c(s2)CC[C@@H](C)C3)c1. The quantitative estimate of drug-likeness (QED) is 0.617. The fraction of sp³-hybridized carbons (Fsp3) is 0.381. The molecule has 6 heteroatoms. The van der Waals surface area contributed by atoms with Gasteiger partial charge in [-0.05, 0) is 62.8 Å². The lowest BCUT2D eigenvalue weighted by molar-refractivity contribution is -0.123. The Labute approximate surface area is 162 Å². The number of carbonyl (C=O) groups is 3. The second kappa shape index (κ2) is 8.05. The van der Waals surface area contributed by atoms with Crippen LogP contribution >= 0.6 is 11.3 Å². The van der Waals surface area contributed by atoms with Crippen LogP contribution in [-0.4, -0.2) is 23.8 Å². The maximum absolute atomic E-state index is 12.4. The van der Waals surface area contributed by atoms with Gasteiger partial charge in [-0.15, -0.1) is 11.3 Å². The summed E-state index contributed by atoms with van der Waals surface area (Å²) in [5.41, 5.74) is 2.23. The lowest BCUT2D eigenvalue weighted by Gasteiger charge is -2.16. The number of amides is 1. The number of carbonyl (C=O) groups excluding carboxylic acids is 3. The first-order chi connectivity index (χ1) is 12.8. The van der Waals surface area contributed by atoms with E-state index in [0.29, 0.717) is 22.0 Å². The monoisotopic (exact) mass is 385 g/mol. The Kier molecular flexibility index (Phi) is 5.75. The molecule has 2 aromatic rings. The molecule has 27 heavy (non-hydrogen) atoms. The molecule has 142 valence electrons. The number of hydrogen-bond acceptors (Lipinski definition) is 5. The standard InChI is InChI=1S/C21H23NO4S/c1-12-7-8-18-16(9-12)11-19(27-18)21(25)26-14(3)20(24)22-17-6-4-5-15(10-17)13(2)23/h4-6,10-12,14H,7-9H2,1-3H3,(H,22,24)/t12-,14-/m1/s1. The number of nitrogens with one attached hydrogen (secondary N) is 1. The molecule has 1 heterocycles. The molecule has 5 nitrogen and oxygen atoms in total. The van der Waals surface area contributed by atoms with Gasteiger partial charge in [0.15, 0.2) is 11.9 Å². The summed E-state index contributed by atoms with van der Waals surface area (Å²) in [6, 6.07) is 8.57. The molecule has 3 rings (SSSR count). The Morgan fingerprint density at radius 3 is 2.78 bits per heavy atom. The number of fused-ring (bicyclic) bond motifs is 1. The predicted molar refractivity (Wildman–Crippen MR) is 105 cm³/mol. The summed E-state index contributed by atoms with van der Waals surface area (Å²) in [6.07, 6.45) is 2.19. The summed E-state index contributed by atoms with van der Waals surface area (Å²) in [4.78, 5) is 38.0. The Morgan fingerprint density at radius 2 is 2.04 bits per heavy atom. The van der Waals surface area contributed by atoms with Crippen molar-refractivity contribution in [3.05, 3.63) is 51.2 Å². The van der Waals surface area contributed by atoms with Gasteiger partial charge in [-0.3, -0.25) is 9.59 Å². The fourth-order valence-electron chi connectivity index (χ4n) is 3.14. The van der Waals surface area contributed by atoms with Crippen LogP contribution in [0.3, 0.4) is 0 Å². The van der Waals surface area contributed by atoms with Gasteiger partial charge in [0.1, 0.15) is 4.88 Å². The summed E-state index contributed by atoms with van der Waals surface area (Å²) in [6.45, 7) is 5.22. The van der Waals surface area contributed by atoms with Gasteiger partial charge in [0.25, 0.3) is 5.91 Å². The van der Waals surface area contributed by atoms with E-state index in [2.05, 4.69) is 12.2 Å². The van der Waals surface area contributed by atoms with Crippen LogP contribution in [0, 0.1) is 5.92 Å². The molecule has 1 aromatic heterocycles. The molecule has 0 saturated heterocycles. The number of anilines is 1. The van der Waals surface area contributed by atoms with Crippen molar-refractivity contribution in [2.24, 2.45) is 5.92 Å². The second-order valence-corrected chi connectivity index (χ2v) is 8.22. The summed E-state index contributed by atoms with van der Waals surface area (Å²) >= 11 is 1.46. The number of aryl methyl sites for hydroxylation is 1. The molecule has 0 saturated carbocycles. The van der Waals surface area contributed by atoms with Gasteiger partial charge in [0.05, 0.1) is 0 Å². The molecule has 1 amide bonds. The molecule has 0 fully saturated rings. The van der Waals surface area contributed by atoms with Crippen molar-refractivity contribution in [3.63, 3.8) is 0 Å². The van der Waals surface area contributed by atoms with Crippen molar-refractivity contribution in [1.29, 1.82) is 0 Å². The smallest absolute Gasteiger partial charge is 0.349 e. The highest BCUT2D eigenvalue weighted by Gasteiger charge is 2.24. The normalized spacial score (nSPS) is 16.9. The lowest BCUT2D eigenvalue weighted by atomic mass is 9.90. The van der Waals surface area contributed by atoms with Crippen LogP contribution in [0.2, 0.25) is 0 Å². The third kappa shape index (κ3) is 4.63. The third-order valence-corrected chi connectivity index (χ3v) is 5.94. The zero-order valence-electron chi connectivity index (χ0n) is 15.7. The molecular weight excluding hydrogens is 362 g/mol. The molecule has 2 atom stereocenters. The fourth-order valence-corrected chi connectivity index (χ4v) is 4.23. The van der Waals surface area contributed by atoms with Crippen molar-refractivity contribution in [1.82, 2.24) is 0 Å². The molecule has 0 unspecified atom stereocenters. The van der Waals surface area contributed by atoms with Crippen LogP contribution < -0.4 is 5.32 Å². The summed E-state index contributed by atoms with van der Waals surface area (Å²) in [7, 11) is 0. The minimum absolute atomic E-state index is 0.0819. The molecule has 1 aliphatic rings. The van der Waals surface area contributed by atoms with E-state index in [1.54, 1.807) is 24.3 Å². The maximum Gasteiger partial charge on any atom is 0.349 e. The van der Waals surface area contributed by atoms with Gasteiger partial charge in [0, 0.05) is 16.1 Å². The van der Waals surface area contributed by atoms with Gasteiger partial charge in [-0.2, -0.15) is 0 Å². The molecule has 0 radical (unpaired) electrons. The number of hydrogen-bond donors (Lipinski definition) is 1. The van der Waals surface area contributed by atoms with E-state index >= 15 is 0 Å². The average Bonchev–Trinajstić information content (AvgIpc) is 3.05. The van der Waals surface area contributed by atoms with E-state index in [9.17, 15) is 14.4 Å². The largest absolute Gasteiger partial charge is 0.448 e. The van der Waals surface area contributed by atoms with E-state index in [0.717, 1.165) is 19.3 Å². The highest BCUT2D eigenvalue weighted by atomic mass is 32.1. The first kappa shape index (κ1) is 19.3. The third-order valence-electron chi connectivity index (χ3n) is 4.72. The van der Waals surface area contributed by atoms with E-state index < -0.39 is 18.0 Å². The number of ether oxygens (including phenoxy) is 1. The summed E-state index contributed by atoms with van der Waals surface area (Å²) in [5.74, 6) is -0.353. The molecule has 1 N–H and O–H groups in total. The number of Topliss-reactive ketones (excluding diaryl/α,β-unsaturated/α-hetero) is 1. The van der Waals surface area contributed by atoms with Crippen LogP contribution in [0.1, 0.15) is 57.7 Å². The van der Waals surface area contributed by atoms with Crippen molar-refractivity contribution in [2.45, 2.75) is 46.1 Å². The minimum atomic E-state index is -0.934. The summed E-state index contributed by atoms with van der Waals surface area (Å²) < 4.78 is 5.35. The van der Waals surface area contributed by atoms with Crippen LogP contribution in [0.4, 0.5) is 5.69 Å². The zero-order valence-corrected chi connectivity index (χ0v) is 16.5. The molecule has 0 spiro atoms. The van der Waals surface area contributed by atoms with Crippen molar-refractivity contribution in [3.8, 4) is 0 Å².